The Hall–Kier alpha value is -1.95. The van der Waals surface area contributed by atoms with E-state index in [9.17, 15) is 9.59 Å². The van der Waals surface area contributed by atoms with E-state index in [0.717, 1.165) is 0 Å². The van der Waals surface area contributed by atoms with Gasteiger partial charge in [0.1, 0.15) is 0 Å². The van der Waals surface area contributed by atoms with E-state index in [1.807, 2.05) is 13.8 Å². The SMILES string of the molecule is CC(C)CC(=O)NC(=S)Nc1ccc(C(=O)O)cc1. The zero-order valence-corrected chi connectivity index (χ0v) is 11.6. The van der Waals surface area contributed by atoms with Crippen LogP contribution in [0.4, 0.5) is 5.69 Å². The van der Waals surface area contributed by atoms with Crippen LogP contribution in [0.2, 0.25) is 0 Å². The summed E-state index contributed by atoms with van der Waals surface area (Å²) >= 11 is 4.99. The zero-order chi connectivity index (χ0) is 14.4. The number of rotatable bonds is 4. The van der Waals surface area contributed by atoms with E-state index in [4.69, 9.17) is 17.3 Å². The van der Waals surface area contributed by atoms with E-state index >= 15 is 0 Å². The van der Waals surface area contributed by atoms with Gasteiger partial charge in [0.15, 0.2) is 5.11 Å². The second-order valence-corrected chi connectivity index (χ2v) is 4.89. The first-order chi connectivity index (χ1) is 8.88. The summed E-state index contributed by atoms with van der Waals surface area (Å²) in [6.07, 6.45) is 0.403. The van der Waals surface area contributed by atoms with Gasteiger partial charge in [-0.3, -0.25) is 4.79 Å². The van der Waals surface area contributed by atoms with Crippen LogP contribution in [0.15, 0.2) is 24.3 Å². The number of carboxylic acids is 1. The smallest absolute Gasteiger partial charge is 0.335 e. The largest absolute Gasteiger partial charge is 0.478 e. The highest BCUT2D eigenvalue weighted by Crippen LogP contribution is 2.09. The molecule has 0 spiro atoms. The maximum atomic E-state index is 11.5. The summed E-state index contributed by atoms with van der Waals surface area (Å²) in [7, 11) is 0. The van der Waals surface area contributed by atoms with Gasteiger partial charge in [0.25, 0.3) is 0 Å². The Morgan fingerprint density at radius 1 is 1.26 bits per heavy atom. The number of aromatic carboxylic acids is 1. The third-order valence-electron chi connectivity index (χ3n) is 2.24. The van der Waals surface area contributed by atoms with E-state index in [1.165, 1.54) is 12.1 Å². The second-order valence-electron chi connectivity index (χ2n) is 4.48. The summed E-state index contributed by atoms with van der Waals surface area (Å²) in [5, 5.41) is 14.3. The Morgan fingerprint density at radius 2 is 1.84 bits per heavy atom. The first kappa shape index (κ1) is 15.1. The van der Waals surface area contributed by atoms with Crippen molar-refractivity contribution in [2.75, 3.05) is 5.32 Å². The molecule has 0 heterocycles. The molecule has 0 saturated carbocycles. The highest BCUT2D eigenvalue weighted by Gasteiger charge is 2.07. The minimum atomic E-state index is -0.987. The normalized spacial score (nSPS) is 10.1. The summed E-state index contributed by atoms with van der Waals surface area (Å²) in [5.74, 6) is -0.869. The van der Waals surface area contributed by atoms with E-state index in [1.54, 1.807) is 12.1 Å². The van der Waals surface area contributed by atoms with Gasteiger partial charge in [0.05, 0.1) is 5.56 Å². The Kier molecular flexibility index (Phi) is 5.44. The molecular weight excluding hydrogens is 264 g/mol. The highest BCUT2D eigenvalue weighted by molar-refractivity contribution is 7.80. The minimum absolute atomic E-state index is 0.144. The molecule has 1 amide bonds. The van der Waals surface area contributed by atoms with Gasteiger partial charge in [-0.05, 0) is 42.4 Å². The lowest BCUT2D eigenvalue weighted by molar-refractivity contribution is -0.120. The zero-order valence-electron chi connectivity index (χ0n) is 10.8. The minimum Gasteiger partial charge on any atom is -0.478 e. The maximum Gasteiger partial charge on any atom is 0.335 e. The second kappa shape index (κ2) is 6.84. The molecule has 102 valence electrons. The molecular formula is C13H16N2O3S. The molecule has 0 bridgehead atoms. The predicted molar refractivity (Wildman–Crippen MR) is 77.2 cm³/mol. The number of carbonyl (C=O) groups is 2. The number of nitrogens with one attached hydrogen (secondary N) is 2. The van der Waals surface area contributed by atoms with E-state index < -0.39 is 5.97 Å². The van der Waals surface area contributed by atoms with Crippen molar-refractivity contribution >= 4 is 34.9 Å². The lowest BCUT2D eigenvalue weighted by Crippen LogP contribution is -2.34. The lowest BCUT2D eigenvalue weighted by atomic mass is 10.1. The summed E-state index contributed by atoms with van der Waals surface area (Å²) in [5.41, 5.74) is 0.820. The van der Waals surface area contributed by atoms with Crippen molar-refractivity contribution in [3.8, 4) is 0 Å². The summed E-state index contributed by atoms with van der Waals surface area (Å²) < 4.78 is 0. The monoisotopic (exact) mass is 280 g/mol. The average Bonchev–Trinajstić information content (AvgIpc) is 2.27. The predicted octanol–water partition coefficient (Wildman–Crippen LogP) is 2.24. The number of hydrogen-bond acceptors (Lipinski definition) is 3. The number of hydrogen-bond donors (Lipinski definition) is 3. The molecule has 0 fully saturated rings. The van der Waals surface area contributed by atoms with Crippen LogP contribution in [0.25, 0.3) is 0 Å². The Bertz CT molecular complexity index is 483. The molecule has 0 unspecified atom stereocenters. The van der Waals surface area contributed by atoms with Gasteiger partial charge in [-0.2, -0.15) is 0 Å². The molecule has 1 aromatic carbocycles. The first-order valence-corrected chi connectivity index (χ1v) is 6.23. The molecule has 0 saturated heterocycles. The number of thiocarbonyl (C=S) groups is 1. The van der Waals surface area contributed by atoms with Crippen molar-refractivity contribution in [1.82, 2.24) is 5.32 Å². The average molecular weight is 280 g/mol. The fraction of sp³-hybridized carbons (Fsp3) is 0.308. The van der Waals surface area contributed by atoms with E-state index in [0.29, 0.717) is 12.1 Å². The molecule has 1 rings (SSSR count). The summed E-state index contributed by atoms with van der Waals surface area (Å²) in [4.78, 5) is 22.2. The number of anilines is 1. The number of carbonyl (C=O) groups excluding carboxylic acids is 1. The molecule has 0 aliphatic carbocycles. The Labute approximate surface area is 117 Å². The standard InChI is InChI=1S/C13H16N2O3S/c1-8(2)7-11(16)15-13(19)14-10-5-3-9(4-6-10)12(17)18/h3-6,8H,7H2,1-2H3,(H,17,18)(H2,14,15,16,19). The molecule has 0 atom stereocenters. The van der Waals surface area contributed by atoms with E-state index in [-0.39, 0.29) is 22.5 Å². The maximum absolute atomic E-state index is 11.5. The van der Waals surface area contributed by atoms with Crippen LogP contribution in [0.1, 0.15) is 30.6 Å². The molecule has 5 nitrogen and oxygen atoms in total. The van der Waals surface area contributed by atoms with Gasteiger partial charge >= 0.3 is 5.97 Å². The van der Waals surface area contributed by atoms with Crippen molar-refractivity contribution in [3.05, 3.63) is 29.8 Å². The van der Waals surface area contributed by atoms with Crippen LogP contribution in [-0.2, 0) is 4.79 Å². The first-order valence-electron chi connectivity index (χ1n) is 5.82. The third kappa shape index (κ3) is 5.48. The fourth-order valence-corrected chi connectivity index (χ4v) is 1.64. The number of benzene rings is 1. The van der Waals surface area contributed by atoms with Crippen molar-refractivity contribution < 1.29 is 14.7 Å². The van der Waals surface area contributed by atoms with Crippen LogP contribution in [0.3, 0.4) is 0 Å². The molecule has 0 aliphatic rings. The van der Waals surface area contributed by atoms with Crippen molar-refractivity contribution in [2.24, 2.45) is 5.92 Å². The van der Waals surface area contributed by atoms with Gasteiger partial charge in [-0.25, -0.2) is 4.79 Å². The van der Waals surface area contributed by atoms with Crippen LogP contribution >= 0.6 is 12.2 Å². The van der Waals surface area contributed by atoms with Gasteiger partial charge in [-0.1, -0.05) is 13.8 Å². The summed E-state index contributed by atoms with van der Waals surface area (Å²) in [6.45, 7) is 3.89. The molecule has 0 aliphatic heterocycles. The van der Waals surface area contributed by atoms with E-state index in [2.05, 4.69) is 10.6 Å². The van der Waals surface area contributed by atoms with Gasteiger partial charge in [0.2, 0.25) is 5.91 Å². The third-order valence-corrected chi connectivity index (χ3v) is 2.44. The van der Waals surface area contributed by atoms with Crippen molar-refractivity contribution in [2.45, 2.75) is 20.3 Å². The van der Waals surface area contributed by atoms with Gasteiger partial charge in [0, 0.05) is 12.1 Å². The van der Waals surface area contributed by atoms with Crippen molar-refractivity contribution in [1.29, 1.82) is 0 Å². The van der Waals surface area contributed by atoms with Crippen molar-refractivity contribution in [3.63, 3.8) is 0 Å². The van der Waals surface area contributed by atoms with Gasteiger partial charge < -0.3 is 15.7 Å². The fourth-order valence-electron chi connectivity index (χ4n) is 1.41. The Morgan fingerprint density at radius 3 is 2.32 bits per heavy atom. The molecule has 0 aromatic heterocycles. The lowest BCUT2D eigenvalue weighted by Gasteiger charge is -2.10. The topological polar surface area (TPSA) is 78.4 Å². The van der Waals surface area contributed by atoms with Crippen LogP contribution < -0.4 is 10.6 Å². The Balaban J connectivity index is 2.53. The van der Waals surface area contributed by atoms with Gasteiger partial charge in [-0.15, -0.1) is 0 Å². The molecule has 0 radical (unpaired) electrons. The summed E-state index contributed by atoms with van der Waals surface area (Å²) in [6, 6.07) is 6.10. The molecule has 1 aromatic rings. The molecule has 19 heavy (non-hydrogen) atoms. The number of carboxylic acid groups (broad SMARTS) is 1. The highest BCUT2D eigenvalue weighted by atomic mass is 32.1. The quantitative estimate of drug-likeness (QED) is 0.737. The molecule has 6 heteroatoms. The van der Waals surface area contributed by atoms with Crippen LogP contribution in [-0.4, -0.2) is 22.1 Å². The molecule has 3 N–H and O–H groups in total. The van der Waals surface area contributed by atoms with Crippen LogP contribution in [0, 0.1) is 5.92 Å². The number of amides is 1. The van der Waals surface area contributed by atoms with Crippen LogP contribution in [0.5, 0.6) is 0 Å².